The Morgan fingerprint density at radius 1 is 0.444 bits per heavy atom. The van der Waals surface area contributed by atoms with E-state index in [0.29, 0.717) is 13.2 Å². The van der Waals surface area contributed by atoms with E-state index in [-0.39, 0.29) is 0 Å². The Hall–Kier alpha value is -1.77. The van der Waals surface area contributed by atoms with Crippen molar-refractivity contribution in [3.8, 4) is 0 Å². The molecule has 208 valence electrons. The molecule has 0 radical (unpaired) electrons. The summed E-state index contributed by atoms with van der Waals surface area (Å²) in [5, 5.41) is 0. The Morgan fingerprint density at radius 2 is 0.806 bits per heavy atom. The largest absolute Gasteiger partial charge is 0.508 e. The molecular weight excluding hydrogens is 444 g/mol. The second-order valence-corrected chi connectivity index (χ2v) is 9.76. The van der Waals surface area contributed by atoms with E-state index in [2.05, 4.69) is 62.5 Å². The Balaban J connectivity index is 3.29. The molecular formula is C33H58O3. The van der Waals surface area contributed by atoms with Crippen molar-refractivity contribution in [3.63, 3.8) is 0 Å². The average Bonchev–Trinajstić information content (AvgIpc) is 2.88. The monoisotopic (exact) mass is 502 g/mol. The number of rotatable bonds is 26. The van der Waals surface area contributed by atoms with Gasteiger partial charge in [0.25, 0.3) is 0 Å². The van der Waals surface area contributed by atoms with Crippen LogP contribution in [0.1, 0.15) is 142 Å². The smallest absolute Gasteiger partial charge is 0.434 e. The number of unbranched alkanes of at least 4 members (excludes halogenated alkanes) is 16. The van der Waals surface area contributed by atoms with Crippen LogP contribution >= 0.6 is 0 Å². The third-order valence-electron chi connectivity index (χ3n) is 6.19. The number of hydrogen-bond acceptors (Lipinski definition) is 3. The van der Waals surface area contributed by atoms with Crippen molar-refractivity contribution in [1.29, 1.82) is 0 Å². The van der Waals surface area contributed by atoms with Crippen LogP contribution in [-0.4, -0.2) is 19.4 Å². The standard InChI is InChI=1S/C33H58O3/c1-3-5-7-9-11-13-15-17-18-19-20-22-24-26-28-30-32-36-33(34)35-31-29-27-25-23-21-16-14-12-10-8-6-4-2/h9-13,15,17-18H,3-8,14,16,19-32H2,1-2H3. The predicted octanol–water partition coefficient (Wildman–Crippen LogP) is 11.2. The molecule has 0 fully saturated rings. The van der Waals surface area contributed by atoms with Gasteiger partial charge in [-0.1, -0.05) is 140 Å². The van der Waals surface area contributed by atoms with Gasteiger partial charge >= 0.3 is 6.16 Å². The summed E-state index contributed by atoms with van der Waals surface area (Å²) in [5.74, 6) is 0. The summed E-state index contributed by atoms with van der Waals surface area (Å²) >= 11 is 0. The molecule has 0 N–H and O–H groups in total. The topological polar surface area (TPSA) is 35.5 Å². The van der Waals surface area contributed by atoms with Gasteiger partial charge in [0.15, 0.2) is 0 Å². The molecule has 0 atom stereocenters. The second kappa shape index (κ2) is 31.3. The van der Waals surface area contributed by atoms with Crippen LogP contribution in [0.2, 0.25) is 0 Å². The van der Waals surface area contributed by atoms with Gasteiger partial charge in [-0.2, -0.15) is 0 Å². The van der Waals surface area contributed by atoms with E-state index < -0.39 is 6.16 Å². The van der Waals surface area contributed by atoms with Crippen LogP contribution in [0.4, 0.5) is 4.79 Å². The van der Waals surface area contributed by atoms with Gasteiger partial charge in [-0.25, -0.2) is 4.79 Å². The van der Waals surface area contributed by atoms with Crippen molar-refractivity contribution in [2.24, 2.45) is 0 Å². The lowest BCUT2D eigenvalue weighted by Crippen LogP contribution is -2.09. The maximum atomic E-state index is 11.6. The molecule has 0 saturated heterocycles. The lowest BCUT2D eigenvalue weighted by atomic mass is 10.1. The van der Waals surface area contributed by atoms with Gasteiger partial charge in [0.1, 0.15) is 0 Å². The number of carbonyl (C=O) groups is 1. The first kappa shape index (κ1) is 34.2. The molecule has 0 bridgehead atoms. The molecule has 3 heteroatoms. The van der Waals surface area contributed by atoms with Gasteiger partial charge in [-0.05, 0) is 51.4 Å². The summed E-state index contributed by atoms with van der Waals surface area (Å²) in [7, 11) is 0. The average molecular weight is 503 g/mol. The third kappa shape index (κ3) is 30.3. The molecule has 0 aliphatic rings. The fourth-order valence-corrected chi connectivity index (χ4v) is 3.85. The lowest BCUT2D eigenvalue weighted by molar-refractivity contribution is 0.0529. The van der Waals surface area contributed by atoms with Gasteiger partial charge in [0, 0.05) is 0 Å². The molecule has 0 unspecified atom stereocenters. The van der Waals surface area contributed by atoms with E-state index in [1.54, 1.807) is 0 Å². The van der Waals surface area contributed by atoms with E-state index in [9.17, 15) is 4.79 Å². The van der Waals surface area contributed by atoms with Crippen molar-refractivity contribution in [2.75, 3.05) is 13.2 Å². The van der Waals surface area contributed by atoms with E-state index in [1.165, 1.54) is 96.3 Å². The zero-order valence-electron chi connectivity index (χ0n) is 23.9. The Morgan fingerprint density at radius 3 is 1.28 bits per heavy atom. The van der Waals surface area contributed by atoms with Gasteiger partial charge < -0.3 is 9.47 Å². The van der Waals surface area contributed by atoms with Gasteiger partial charge in [0.05, 0.1) is 13.2 Å². The first-order valence-corrected chi connectivity index (χ1v) is 15.2. The summed E-state index contributed by atoms with van der Waals surface area (Å²) in [4.78, 5) is 11.6. The highest BCUT2D eigenvalue weighted by molar-refractivity contribution is 5.59. The summed E-state index contributed by atoms with van der Waals surface area (Å²) in [6.07, 6.45) is 41.2. The highest BCUT2D eigenvalue weighted by atomic mass is 16.7. The molecule has 0 saturated carbocycles. The van der Waals surface area contributed by atoms with Crippen LogP contribution in [-0.2, 0) is 9.47 Å². The molecule has 36 heavy (non-hydrogen) atoms. The van der Waals surface area contributed by atoms with Crippen LogP contribution in [0.25, 0.3) is 0 Å². The highest BCUT2D eigenvalue weighted by Crippen LogP contribution is 2.10. The van der Waals surface area contributed by atoms with Crippen LogP contribution in [0.15, 0.2) is 48.6 Å². The minimum atomic E-state index is -0.498. The molecule has 3 nitrogen and oxygen atoms in total. The van der Waals surface area contributed by atoms with Gasteiger partial charge in [-0.15, -0.1) is 0 Å². The molecule has 0 aromatic heterocycles. The van der Waals surface area contributed by atoms with E-state index >= 15 is 0 Å². The first-order chi connectivity index (χ1) is 17.8. The van der Waals surface area contributed by atoms with E-state index in [0.717, 1.165) is 32.1 Å². The first-order valence-electron chi connectivity index (χ1n) is 15.2. The summed E-state index contributed by atoms with van der Waals surface area (Å²) in [6.45, 7) is 5.42. The van der Waals surface area contributed by atoms with Crippen molar-refractivity contribution in [3.05, 3.63) is 48.6 Å². The predicted molar refractivity (Wildman–Crippen MR) is 158 cm³/mol. The molecule has 0 amide bonds. The van der Waals surface area contributed by atoms with Crippen LogP contribution in [0, 0.1) is 0 Å². The van der Waals surface area contributed by atoms with Crippen molar-refractivity contribution in [2.45, 2.75) is 142 Å². The van der Waals surface area contributed by atoms with Crippen molar-refractivity contribution in [1.82, 2.24) is 0 Å². The Labute approximate surface area is 224 Å². The molecule has 0 aromatic rings. The molecule has 0 spiro atoms. The maximum Gasteiger partial charge on any atom is 0.508 e. The van der Waals surface area contributed by atoms with Crippen LogP contribution < -0.4 is 0 Å². The quantitative estimate of drug-likeness (QED) is 0.0510. The molecule has 0 aliphatic heterocycles. The Kier molecular flexibility index (Phi) is 29.7. The van der Waals surface area contributed by atoms with Crippen molar-refractivity contribution >= 4 is 6.16 Å². The third-order valence-corrected chi connectivity index (χ3v) is 6.19. The fraction of sp³-hybridized carbons (Fsp3) is 0.727. The number of allylic oxidation sites excluding steroid dienone is 8. The van der Waals surface area contributed by atoms with Gasteiger partial charge in [0.2, 0.25) is 0 Å². The van der Waals surface area contributed by atoms with Crippen LogP contribution in [0.5, 0.6) is 0 Å². The van der Waals surface area contributed by atoms with Crippen LogP contribution in [0.3, 0.4) is 0 Å². The van der Waals surface area contributed by atoms with Crippen molar-refractivity contribution < 1.29 is 14.3 Å². The van der Waals surface area contributed by atoms with E-state index in [1.807, 2.05) is 0 Å². The molecule has 0 rings (SSSR count). The fourth-order valence-electron chi connectivity index (χ4n) is 3.85. The lowest BCUT2D eigenvalue weighted by Gasteiger charge is -2.06. The normalized spacial score (nSPS) is 12.1. The minimum absolute atomic E-state index is 0.480. The zero-order chi connectivity index (χ0) is 26.2. The van der Waals surface area contributed by atoms with Gasteiger partial charge in [-0.3, -0.25) is 0 Å². The summed E-state index contributed by atoms with van der Waals surface area (Å²) in [6, 6.07) is 0. The van der Waals surface area contributed by atoms with E-state index in [4.69, 9.17) is 9.47 Å². The highest BCUT2D eigenvalue weighted by Gasteiger charge is 2.03. The Bertz CT molecular complexity index is 559. The minimum Gasteiger partial charge on any atom is -0.434 e. The SMILES string of the molecule is CCCCC=CC=CC=CCCCCCCCCOC(=O)OCCCCCCCCC=CCCCC. The zero-order valence-corrected chi connectivity index (χ0v) is 23.9. The second-order valence-electron chi connectivity index (χ2n) is 9.76. The summed E-state index contributed by atoms with van der Waals surface area (Å²) < 4.78 is 10.4. The molecule has 0 aliphatic carbocycles. The molecule has 0 heterocycles. The summed E-state index contributed by atoms with van der Waals surface area (Å²) in [5.41, 5.74) is 0. The number of hydrogen-bond donors (Lipinski definition) is 0. The maximum absolute atomic E-state index is 11.6. The number of carbonyl (C=O) groups excluding carboxylic acids is 1. The molecule has 0 aromatic carbocycles. The number of ether oxygens (including phenoxy) is 2.